The summed E-state index contributed by atoms with van der Waals surface area (Å²) in [5.41, 5.74) is 1.01. The minimum atomic E-state index is -0.828. The molecular formula is C16H21NO4. The van der Waals surface area contributed by atoms with Crippen LogP contribution in [0.15, 0.2) is 30.3 Å². The summed E-state index contributed by atoms with van der Waals surface area (Å²) in [6.45, 7) is 2.99. The molecule has 5 nitrogen and oxygen atoms in total. The highest BCUT2D eigenvalue weighted by Crippen LogP contribution is 2.18. The van der Waals surface area contributed by atoms with Crippen LogP contribution < -0.4 is 0 Å². The molecule has 0 radical (unpaired) electrons. The second-order valence-corrected chi connectivity index (χ2v) is 5.40. The molecule has 21 heavy (non-hydrogen) atoms. The molecular weight excluding hydrogens is 270 g/mol. The number of hydrogen-bond acceptors (Lipinski definition) is 3. The highest BCUT2D eigenvalue weighted by atomic mass is 16.5. The van der Waals surface area contributed by atoms with Gasteiger partial charge in [-0.25, -0.2) is 0 Å². The van der Waals surface area contributed by atoms with Gasteiger partial charge in [-0.1, -0.05) is 30.3 Å². The van der Waals surface area contributed by atoms with Crippen LogP contribution in [-0.2, 0) is 20.9 Å². The summed E-state index contributed by atoms with van der Waals surface area (Å²) in [6, 6.07) is 9.66. The number of rotatable bonds is 5. The molecule has 1 saturated heterocycles. The van der Waals surface area contributed by atoms with Crippen LogP contribution in [0.25, 0.3) is 0 Å². The van der Waals surface area contributed by atoms with Crippen molar-refractivity contribution in [2.24, 2.45) is 5.92 Å². The fourth-order valence-electron chi connectivity index (χ4n) is 2.50. The molecule has 0 bridgehead atoms. The van der Waals surface area contributed by atoms with Crippen molar-refractivity contribution in [1.29, 1.82) is 0 Å². The van der Waals surface area contributed by atoms with Gasteiger partial charge in [-0.2, -0.15) is 0 Å². The molecule has 0 spiro atoms. The number of piperidine rings is 1. The van der Waals surface area contributed by atoms with E-state index >= 15 is 0 Å². The van der Waals surface area contributed by atoms with E-state index in [0.717, 1.165) is 12.0 Å². The predicted octanol–water partition coefficient (Wildman–Crippen LogP) is 1.91. The van der Waals surface area contributed by atoms with Crippen LogP contribution in [0.4, 0.5) is 0 Å². The van der Waals surface area contributed by atoms with Gasteiger partial charge in [0.15, 0.2) is 0 Å². The van der Waals surface area contributed by atoms with Crippen LogP contribution in [0.5, 0.6) is 0 Å². The van der Waals surface area contributed by atoms with E-state index in [1.807, 2.05) is 30.3 Å². The Hall–Kier alpha value is -1.88. The maximum absolute atomic E-state index is 12.3. The first-order valence-corrected chi connectivity index (χ1v) is 7.25. The molecule has 5 heteroatoms. The normalized spacial score (nSPS) is 20.0. The van der Waals surface area contributed by atoms with Crippen molar-refractivity contribution in [1.82, 2.24) is 4.90 Å². The first kappa shape index (κ1) is 15.5. The van der Waals surface area contributed by atoms with Gasteiger partial charge in [-0.15, -0.1) is 0 Å². The van der Waals surface area contributed by atoms with Crippen molar-refractivity contribution < 1.29 is 19.4 Å². The zero-order valence-corrected chi connectivity index (χ0v) is 12.2. The highest BCUT2D eigenvalue weighted by Gasteiger charge is 2.30. The van der Waals surface area contributed by atoms with Crippen LogP contribution >= 0.6 is 0 Å². The highest BCUT2D eigenvalue weighted by molar-refractivity contribution is 5.81. The van der Waals surface area contributed by atoms with Gasteiger partial charge in [0, 0.05) is 13.1 Å². The van der Waals surface area contributed by atoms with E-state index in [4.69, 9.17) is 9.84 Å². The molecule has 1 aliphatic heterocycles. The number of carboxylic acid groups (broad SMARTS) is 1. The molecule has 1 aromatic rings. The summed E-state index contributed by atoms with van der Waals surface area (Å²) >= 11 is 0. The number of hydrogen-bond donors (Lipinski definition) is 1. The second kappa shape index (κ2) is 7.22. The Morgan fingerprint density at radius 1 is 1.38 bits per heavy atom. The molecule has 1 aliphatic rings. The van der Waals surface area contributed by atoms with E-state index in [1.54, 1.807) is 11.8 Å². The first-order chi connectivity index (χ1) is 10.1. The van der Waals surface area contributed by atoms with Gasteiger partial charge in [0.2, 0.25) is 0 Å². The molecule has 2 rings (SSSR count). The predicted molar refractivity (Wildman–Crippen MR) is 77.6 cm³/mol. The third-order valence-corrected chi connectivity index (χ3v) is 3.77. The Morgan fingerprint density at radius 2 is 2.10 bits per heavy atom. The SMILES string of the molecule is C[C@@H](OCc1ccccc1)C(=O)N1CCC[C@@H](C(=O)O)C1. The lowest BCUT2D eigenvalue weighted by molar-refractivity contribution is -0.150. The summed E-state index contributed by atoms with van der Waals surface area (Å²) in [5.74, 6) is -1.41. The molecule has 114 valence electrons. The van der Waals surface area contributed by atoms with Crippen LogP contribution in [0, 0.1) is 5.92 Å². The van der Waals surface area contributed by atoms with E-state index < -0.39 is 18.0 Å². The van der Waals surface area contributed by atoms with E-state index in [2.05, 4.69) is 0 Å². The van der Waals surface area contributed by atoms with Gasteiger partial charge in [0.1, 0.15) is 6.10 Å². The Balaban J connectivity index is 1.85. The van der Waals surface area contributed by atoms with E-state index in [9.17, 15) is 9.59 Å². The maximum Gasteiger partial charge on any atom is 0.308 e. The lowest BCUT2D eigenvalue weighted by Crippen LogP contribution is -2.46. The standard InChI is InChI=1S/C16H21NO4/c1-12(21-11-13-6-3-2-4-7-13)15(18)17-9-5-8-14(10-17)16(19)20/h2-4,6-7,12,14H,5,8-11H2,1H3,(H,19,20)/t12-,14-/m1/s1. The van der Waals surface area contributed by atoms with Gasteiger partial charge < -0.3 is 14.7 Å². The number of likely N-dealkylation sites (tertiary alicyclic amines) is 1. The van der Waals surface area contributed by atoms with Crippen molar-refractivity contribution in [3.05, 3.63) is 35.9 Å². The number of ether oxygens (including phenoxy) is 1. The molecule has 1 N–H and O–H groups in total. The summed E-state index contributed by atoms with van der Waals surface area (Å²) in [6.07, 6.45) is 0.810. The van der Waals surface area contributed by atoms with Crippen molar-refractivity contribution in [3.63, 3.8) is 0 Å². The van der Waals surface area contributed by atoms with E-state index in [-0.39, 0.29) is 12.5 Å². The average Bonchev–Trinajstić information content (AvgIpc) is 2.53. The van der Waals surface area contributed by atoms with Crippen molar-refractivity contribution in [2.75, 3.05) is 13.1 Å². The Bertz CT molecular complexity index is 488. The first-order valence-electron chi connectivity index (χ1n) is 7.25. The minimum Gasteiger partial charge on any atom is -0.481 e. The Morgan fingerprint density at radius 3 is 2.76 bits per heavy atom. The van der Waals surface area contributed by atoms with E-state index in [1.165, 1.54) is 0 Å². The number of carbonyl (C=O) groups excluding carboxylic acids is 1. The third kappa shape index (κ3) is 4.29. The monoisotopic (exact) mass is 291 g/mol. The van der Waals surface area contributed by atoms with Gasteiger partial charge in [0.25, 0.3) is 5.91 Å². The smallest absolute Gasteiger partial charge is 0.308 e. The minimum absolute atomic E-state index is 0.128. The lowest BCUT2D eigenvalue weighted by Gasteiger charge is -2.32. The summed E-state index contributed by atoms with van der Waals surface area (Å²) < 4.78 is 5.60. The molecule has 0 aliphatic carbocycles. The zero-order valence-electron chi connectivity index (χ0n) is 12.2. The van der Waals surface area contributed by atoms with Gasteiger partial charge in [-0.3, -0.25) is 9.59 Å². The lowest BCUT2D eigenvalue weighted by atomic mass is 9.98. The Labute approximate surface area is 124 Å². The molecule has 2 atom stereocenters. The Kier molecular flexibility index (Phi) is 5.33. The number of nitrogens with zero attached hydrogens (tertiary/aromatic N) is 1. The summed E-state index contributed by atoms with van der Waals surface area (Å²) in [5, 5.41) is 9.06. The molecule has 1 aromatic carbocycles. The number of amides is 1. The molecule has 1 amide bonds. The summed E-state index contributed by atoms with van der Waals surface area (Å²) in [4.78, 5) is 24.9. The fourth-order valence-corrected chi connectivity index (χ4v) is 2.50. The van der Waals surface area contributed by atoms with Gasteiger partial charge in [0.05, 0.1) is 12.5 Å². The van der Waals surface area contributed by atoms with Gasteiger partial charge in [-0.05, 0) is 25.3 Å². The van der Waals surface area contributed by atoms with Crippen LogP contribution in [0.3, 0.4) is 0 Å². The quantitative estimate of drug-likeness (QED) is 0.900. The van der Waals surface area contributed by atoms with Gasteiger partial charge >= 0.3 is 5.97 Å². The molecule has 0 saturated carbocycles. The number of benzene rings is 1. The zero-order chi connectivity index (χ0) is 15.2. The topological polar surface area (TPSA) is 66.8 Å². The van der Waals surface area contributed by atoms with Crippen molar-refractivity contribution in [2.45, 2.75) is 32.5 Å². The number of carboxylic acids is 1. The molecule has 0 aromatic heterocycles. The van der Waals surface area contributed by atoms with E-state index in [0.29, 0.717) is 19.6 Å². The summed E-state index contributed by atoms with van der Waals surface area (Å²) in [7, 11) is 0. The van der Waals surface area contributed by atoms with Crippen LogP contribution in [-0.4, -0.2) is 41.1 Å². The third-order valence-electron chi connectivity index (χ3n) is 3.77. The number of carbonyl (C=O) groups is 2. The van der Waals surface area contributed by atoms with Crippen LogP contribution in [0.1, 0.15) is 25.3 Å². The molecule has 1 fully saturated rings. The molecule has 0 unspecified atom stereocenters. The largest absolute Gasteiger partial charge is 0.481 e. The number of aliphatic carboxylic acids is 1. The van der Waals surface area contributed by atoms with Crippen molar-refractivity contribution in [3.8, 4) is 0 Å². The second-order valence-electron chi connectivity index (χ2n) is 5.40. The maximum atomic E-state index is 12.3. The average molecular weight is 291 g/mol. The van der Waals surface area contributed by atoms with Crippen LogP contribution in [0.2, 0.25) is 0 Å². The van der Waals surface area contributed by atoms with Crippen molar-refractivity contribution >= 4 is 11.9 Å². The fraction of sp³-hybridized carbons (Fsp3) is 0.500. The molecule has 1 heterocycles.